The van der Waals surface area contributed by atoms with E-state index in [9.17, 15) is 13.8 Å². The van der Waals surface area contributed by atoms with Crippen molar-refractivity contribution in [3.05, 3.63) is 29.6 Å². The van der Waals surface area contributed by atoms with E-state index >= 15 is 0 Å². The third kappa shape index (κ3) is 3.97. The largest absolute Gasteiger partial charge is 0.421 e. The molecule has 128 valence electrons. The lowest BCUT2D eigenvalue weighted by Crippen LogP contribution is -2.16. The summed E-state index contributed by atoms with van der Waals surface area (Å²) in [6.45, 7) is 0. The van der Waals surface area contributed by atoms with Gasteiger partial charge in [-0.3, -0.25) is 0 Å². The van der Waals surface area contributed by atoms with E-state index in [-0.39, 0.29) is 17.3 Å². The summed E-state index contributed by atoms with van der Waals surface area (Å²) < 4.78 is 32.7. The predicted molar refractivity (Wildman–Crippen MR) is 89.6 cm³/mol. The van der Waals surface area contributed by atoms with Crippen molar-refractivity contribution >= 4 is 7.60 Å². The Labute approximate surface area is 137 Å². The standard InChI is InChI=1S/C18H26FO3P/c19-18-16(14-8-3-1-4-9-14)12-7-13-17(18)22-23(20,21)15-10-5-2-6-11-15/h7,12-15H,1-6,8-11H2,(H,20,21). The van der Waals surface area contributed by atoms with E-state index in [0.717, 1.165) is 44.9 Å². The van der Waals surface area contributed by atoms with Crippen LogP contribution in [0.25, 0.3) is 0 Å². The van der Waals surface area contributed by atoms with E-state index in [4.69, 9.17) is 4.52 Å². The summed E-state index contributed by atoms with van der Waals surface area (Å²) >= 11 is 0. The maximum Gasteiger partial charge on any atom is 0.379 e. The summed E-state index contributed by atoms with van der Waals surface area (Å²) in [5, 5.41) is 0. The molecule has 2 aliphatic rings. The van der Waals surface area contributed by atoms with Crippen LogP contribution in [0.1, 0.15) is 75.7 Å². The molecule has 0 aliphatic heterocycles. The third-order valence-electron chi connectivity index (χ3n) is 5.30. The molecule has 2 aliphatic carbocycles. The van der Waals surface area contributed by atoms with Crippen molar-refractivity contribution in [1.82, 2.24) is 0 Å². The normalized spacial score (nSPS) is 23.4. The van der Waals surface area contributed by atoms with Gasteiger partial charge in [0.1, 0.15) is 0 Å². The molecule has 23 heavy (non-hydrogen) atoms. The first kappa shape index (κ1) is 17.0. The Balaban J connectivity index is 1.78. The zero-order chi connectivity index (χ0) is 16.3. The monoisotopic (exact) mass is 340 g/mol. The van der Waals surface area contributed by atoms with Gasteiger partial charge in [-0.25, -0.2) is 8.96 Å². The van der Waals surface area contributed by atoms with Gasteiger partial charge in [0.25, 0.3) is 0 Å². The Morgan fingerprint density at radius 3 is 2.26 bits per heavy atom. The molecule has 5 heteroatoms. The summed E-state index contributed by atoms with van der Waals surface area (Å²) in [6.07, 6.45) is 9.80. The van der Waals surface area contributed by atoms with Crippen LogP contribution < -0.4 is 4.52 Å². The molecule has 2 saturated carbocycles. The van der Waals surface area contributed by atoms with Crippen molar-refractivity contribution in [3.8, 4) is 5.75 Å². The lowest BCUT2D eigenvalue weighted by molar-refractivity contribution is 0.334. The van der Waals surface area contributed by atoms with Gasteiger partial charge in [-0.2, -0.15) is 0 Å². The minimum absolute atomic E-state index is 0.0514. The second kappa shape index (κ2) is 7.36. The molecule has 3 nitrogen and oxygen atoms in total. The molecular formula is C18H26FO3P. The number of hydrogen-bond donors (Lipinski definition) is 1. The molecule has 0 bridgehead atoms. The fourth-order valence-electron chi connectivity index (χ4n) is 3.95. The van der Waals surface area contributed by atoms with E-state index in [0.29, 0.717) is 18.4 Å². The summed E-state index contributed by atoms with van der Waals surface area (Å²) in [7, 11) is -3.82. The summed E-state index contributed by atoms with van der Waals surface area (Å²) in [5.41, 5.74) is 0.292. The van der Waals surface area contributed by atoms with Gasteiger partial charge in [0.15, 0.2) is 11.6 Å². The lowest BCUT2D eigenvalue weighted by atomic mass is 9.84. The molecule has 1 aromatic rings. The van der Waals surface area contributed by atoms with Gasteiger partial charge in [-0.1, -0.05) is 50.7 Å². The summed E-state index contributed by atoms with van der Waals surface area (Å²) in [4.78, 5) is 10.3. The van der Waals surface area contributed by atoms with E-state index in [2.05, 4.69) is 0 Å². The second-order valence-corrected chi connectivity index (χ2v) is 8.98. The van der Waals surface area contributed by atoms with Crippen LogP contribution in [0.2, 0.25) is 0 Å². The number of halogens is 1. The molecule has 0 saturated heterocycles. The maximum atomic E-state index is 14.8. The molecule has 0 radical (unpaired) electrons. The molecule has 0 heterocycles. The van der Waals surface area contributed by atoms with Gasteiger partial charge in [-0.15, -0.1) is 0 Å². The van der Waals surface area contributed by atoms with Crippen molar-refractivity contribution in [2.45, 2.75) is 75.8 Å². The molecule has 0 spiro atoms. The van der Waals surface area contributed by atoms with Gasteiger partial charge >= 0.3 is 7.60 Å². The average molecular weight is 340 g/mol. The van der Waals surface area contributed by atoms with Crippen molar-refractivity contribution < 1.29 is 18.4 Å². The first-order valence-electron chi connectivity index (χ1n) is 8.88. The Hall–Kier alpha value is -0.860. The van der Waals surface area contributed by atoms with Crippen LogP contribution in [0.3, 0.4) is 0 Å². The fourth-order valence-corrected chi connectivity index (χ4v) is 5.54. The highest BCUT2D eigenvalue weighted by molar-refractivity contribution is 7.54. The van der Waals surface area contributed by atoms with E-state index in [1.54, 1.807) is 12.1 Å². The lowest BCUT2D eigenvalue weighted by Gasteiger charge is -2.27. The van der Waals surface area contributed by atoms with Crippen molar-refractivity contribution in [1.29, 1.82) is 0 Å². The molecule has 2 fully saturated rings. The van der Waals surface area contributed by atoms with Crippen LogP contribution in [0, 0.1) is 5.82 Å². The SMILES string of the molecule is O=P(O)(Oc1cccc(C2CCCCC2)c1F)C1CCCCC1. The number of rotatable bonds is 4. The van der Waals surface area contributed by atoms with Crippen molar-refractivity contribution in [3.63, 3.8) is 0 Å². The van der Waals surface area contributed by atoms with Crippen molar-refractivity contribution in [2.24, 2.45) is 0 Å². The number of benzene rings is 1. The average Bonchev–Trinajstić information content (AvgIpc) is 2.58. The number of hydrogen-bond acceptors (Lipinski definition) is 2. The first-order valence-corrected chi connectivity index (χ1v) is 10.5. The predicted octanol–water partition coefficient (Wildman–Crippen LogP) is 5.77. The smallest absolute Gasteiger partial charge is 0.379 e. The van der Waals surface area contributed by atoms with Crippen LogP contribution in [-0.2, 0) is 4.57 Å². The molecule has 1 aromatic carbocycles. The van der Waals surface area contributed by atoms with Gasteiger partial charge in [0, 0.05) is 0 Å². The Morgan fingerprint density at radius 1 is 1.00 bits per heavy atom. The Bertz CT molecular complexity index is 578. The first-order chi connectivity index (χ1) is 11.1. The van der Waals surface area contributed by atoms with Crippen LogP contribution in [0.15, 0.2) is 18.2 Å². The Morgan fingerprint density at radius 2 is 1.61 bits per heavy atom. The van der Waals surface area contributed by atoms with E-state index in [1.807, 2.05) is 0 Å². The van der Waals surface area contributed by atoms with Gasteiger partial charge in [0.2, 0.25) is 0 Å². The van der Waals surface area contributed by atoms with Crippen molar-refractivity contribution in [2.75, 3.05) is 0 Å². The summed E-state index contributed by atoms with van der Waals surface area (Å²) in [5.74, 6) is -0.283. The van der Waals surface area contributed by atoms with E-state index in [1.165, 1.54) is 12.5 Å². The molecular weight excluding hydrogens is 314 g/mol. The Kier molecular flexibility index (Phi) is 5.43. The van der Waals surface area contributed by atoms with Crippen LogP contribution in [0.5, 0.6) is 5.75 Å². The highest BCUT2D eigenvalue weighted by Gasteiger charge is 2.35. The van der Waals surface area contributed by atoms with Crippen LogP contribution >= 0.6 is 7.60 Å². The highest BCUT2D eigenvalue weighted by atomic mass is 31.2. The molecule has 0 amide bonds. The van der Waals surface area contributed by atoms with Gasteiger partial charge in [-0.05, 0) is 43.2 Å². The fraction of sp³-hybridized carbons (Fsp3) is 0.667. The van der Waals surface area contributed by atoms with Crippen LogP contribution in [-0.4, -0.2) is 10.6 Å². The van der Waals surface area contributed by atoms with Crippen LogP contribution in [0.4, 0.5) is 4.39 Å². The molecule has 1 unspecified atom stereocenters. The molecule has 0 aromatic heterocycles. The third-order valence-corrected chi connectivity index (χ3v) is 7.20. The molecule has 1 atom stereocenters. The van der Waals surface area contributed by atoms with E-state index < -0.39 is 13.4 Å². The van der Waals surface area contributed by atoms with Gasteiger partial charge in [0.05, 0.1) is 5.66 Å². The summed E-state index contributed by atoms with van der Waals surface area (Å²) in [6, 6.07) is 5.01. The molecule has 3 rings (SSSR count). The zero-order valence-electron chi connectivity index (χ0n) is 13.5. The minimum Gasteiger partial charge on any atom is -0.421 e. The quantitative estimate of drug-likeness (QED) is 0.708. The maximum absolute atomic E-state index is 14.8. The zero-order valence-corrected chi connectivity index (χ0v) is 14.4. The highest BCUT2D eigenvalue weighted by Crippen LogP contribution is 2.53. The van der Waals surface area contributed by atoms with Gasteiger partial charge < -0.3 is 9.42 Å². The second-order valence-electron chi connectivity index (χ2n) is 6.94. The minimum atomic E-state index is -3.82. The topological polar surface area (TPSA) is 46.5 Å². The molecule has 1 N–H and O–H groups in total.